The van der Waals surface area contributed by atoms with Gasteiger partial charge >= 0.3 is 6.36 Å². The predicted octanol–water partition coefficient (Wildman–Crippen LogP) is 4.65. The number of carbonyl (C=O) groups is 1. The Morgan fingerprint density at radius 2 is 1.91 bits per heavy atom. The standard InChI is InChI=1S/C21H19F3N4O3S/c1-30-15-6-4-14(5-7-15)25-19(29)20-27-26-18(32-20)12-28-10-2-3-13-11-16(8-9-17(13)28)31-21(22,23)24/h4-9,11H,2-3,10,12H2,1H3,(H,25,29). The minimum absolute atomic E-state index is 0.224. The van der Waals surface area contributed by atoms with E-state index in [1.54, 1.807) is 37.4 Å². The van der Waals surface area contributed by atoms with E-state index in [0.29, 0.717) is 29.4 Å². The molecule has 0 bridgehead atoms. The molecule has 3 aromatic rings. The zero-order chi connectivity index (χ0) is 22.7. The van der Waals surface area contributed by atoms with Crippen LogP contribution in [0, 0.1) is 0 Å². The smallest absolute Gasteiger partial charge is 0.497 e. The average molecular weight is 464 g/mol. The van der Waals surface area contributed by atoms with Crippen LogP contribution >= 0.6 is 11.3 Å². The largest absolute Gasteiger partial charge is 0.573 e. The molecule has 1 amide bonds. The van der Waals surface area contributed by atoms with Crippen molar-refractivity contribution in [2.75, 3.05) is 23.9 Å². The monoisotopic (exact) mass is 464 g/mol. The molecule has 0 saturated heterocycles. The highest BCUT2D eigenvalue weighted by Gasteiger charge is 2.31. The number of amides is 1. The van der Waals surface area contributed by atoms with Crippen molar-refractivity contribution in [1.82, 2.24) is 10.2 Å². The number of anilines is 2. The molecule has 1 N–H and O–H groups in total. The molecule has 0 unspecified atom stereocenters. The summed E-state index contributed by atoms with van der Waals surface area (Å²) in [5.41, 5.74) is 2.21. The van der Waals surface area contributed by atoms with Gasteiger partial charge < -0.3 is 19.7 Å². The van der Waals surface area contributed by atoms with Gasteiger partial charge in [-0.15, -0.1) is 23.4 Å². The molecule has 0 saturated carbocycles. The summed E-state index contributed by atoms with van der Waals surface area (Å²) in [5.74, 6) is 0.0820. The normalized spacial score (nSPS) is 13.4. The topological polar surface area (TPSA) is 76.6 Å². The van der Waals surface area contributed by atoms with Crippen LogP contribution in [0.2, 0.25) is 0 Å². The summed E-state index contributed by atoms with van der Waals surface area (Å²) < 4.78 is 46.6. The number of methoxy groups -OCH3 is 1. The van der Waals surface area contributed by atoms with Crippen molar-refractivity contribution in [2.45, 2.75) is 25.7 Å². The number of ether oxygens (including phenoxy) is 2. The Bertz CT molecular complexity index is 1100. The molecule has 1 aromatic heterocycles. The van der Waals surface area contributed by atoms with Crippen LogP contribution in [0.3, 0.4) is 0 Å². The lowest BCUT2D eigenvalue weighted by Gasteiger charge is -2.30. The summed E-state index contributed by atoms with van der Waals surface area (Å²) in [4.78, 5) is 14.5. The van der Waals surface area contributed by atoms with Crippen molar-refractivity contribution < 1.29 is 27.4 Å². The van der Waals surface area contributed by atoms with E-state index in [4.69, 9.17) is 4.74 Å². The number of fused-ring (bicyclic) bond motifs is 1. The van der Waals surface area contributed by atoms with Gasteiger partial charge in [0.1, 0.15) is 16.5 Å². The molecule has 7 nitrogen and oxygen atoms in total. The van der Waals surface area contributed by atoms with Crippen LogP contribution in [-0.2, 0) is 13.0 Å². The summed E-state index contributed by atoms with van der Waals surface area (Å²) in [6.07, 6.45) is -3.28. The Kier molecular flexibility index (Phi) is 6.17. The zero-order valence-electron chi connectivity index (χ0n) is 17.0. The van der Waals surface area contributed by atoms with Crippen molar-refractivity contribution in [2.24, 2.45) is 0 Å². The fourth-order valence-electron chi connectivity index (χ4n) is 3.44. The molecule has 0 fully saturated rings. The van der Waals surface area contributed by atoms with Crippen molar-refractivity contribution in [3.05, 3.63) is 58.0 Å². The quantitative estimate of drug-likeness (QED) is 0.572. The van der Waals surface area contributed by atoms with E-state index in [1.165, 1.54) is 23.5 Å². The molecule has 1 aliphatic rings. The summed E-state index contributed by atoms with van der Waals surface area (Å²) >= 11 is 1.17. The van der Waals surface area contributed by atoms with Crippen molar-refractivity contribution in [3.8, 4) is 11.5 Å². The number of aromatic nitrogens is 2. The minimum atomic E-state index is -4.72. The summed E-state index contributed by atoms with van der Waals surface area (Å²) in [6.45, 7) is 1.12. The minimum Gasteiger partial charge on any atom is -0.497 e. The maximum absolute atomic E-state index is 12.5. The summed E-state index contributed by atoms with van der Waals surface area (Å²) in [6, 6.07) is 11.3. The lowest BCUT2D eigenvalue weighted by molar-refractivity contribution is -0.274. The van der Waals surface area contributed by atoms with E-state index in [0.717, 1.165) is 24.2 Å². The van der Waals surface area contributed by atoms with Gasteiger partial charge in [-0.1, -0.05) is 11.3 Å². The summed E-state index contributed by atoms with van der Waals surface area (Å²) in [7, 11) is 1.56. The lowest BCUT2D eigenvalue weighted by atomic mass is 10.0. The molecule has 1 aliphatic heterocycles. The fourth-order valence-corrected chi connectivity index (χ4v) is 4.19. The second kappa shape index (κ2) is 9.03. The van der Waals surface area contributed by atoms with Gasteiger partial charge in [0.05, 0.1) is 13.7 Å². The highest BCUT2D eigenvalue weighted by atomic mass is 32.1. The number of hydrogen-bond donors (Lipinski definition) is 1. The van der Waals surface area contributed by atoms with Crippen LogP contribution in [0.4, 0.5) is 24.5 Å². The van der Waals surface area contributed by atoms with Crippen LogP contribution < -0.4 is 19.7 Å². The van der Waals surface area contributed by atoms with Gasteiger partial charge in [-0.05, 0) is 60.9 Å². The molecular formula is C21H19F3N4O3S. The highest BCUT2D eigenvalue weighted by Crippen LogP contribution is 2.33. The third-order valence-electron chi connectivity index (χ3n) is 4.83. The highest BCUT2D eigenvalue weighted by molar-refractivity contribution is 7.13. The lowest BCUT2D eigenvalue weighted by Crippen LogP contribution is -2.29. The van der Waals surface area contributed by atoms with Gasteiger partial charge in [-0.3, -0.25) is 4.79 Å². The Morgan fingerprint density at radius 3 is 2.62 bits per heavy atom. The number of halogens is 3. The van der Waals surface area contributed by atoms with Crippen LogP contribution in [0.1, 0.15) is 26.8 Å². The van der Waals surface area contributed by atoms with E-state index in [-0.39, 0.29) is 16.7 Å². The molecule has 32 heavy (non-hydrogen) atoms. The number of hydrogen-bond acceptors (Lipinski definition) is 7. The first-order chi connectivity index (χ1) is 15.3. The molecule has 0 atom stereocenters. The Morgan fingerprint density at radius 1 is 1.16 bits per heavy atom. The number of rotatable bonds is 6. The van der Waals surface area contributed by atoms with E-state index >= 15 is 0 Å². The second-order valence-corrected chi connectivity index (χ2v) is 8.11. The van der Waals surface area contributed by atoms with Crippen LogP contribution in [-0.4, -0.2) is 36.1 Å². The second-order valence-electron chi connectivity index (χ2n) is 7.05. The maximum Gasteiger partial charge on any atom is 0.573 e. The molecule has 2 aromatic carbocycles. The molecule has 168 valence electrons. The van der Waals surface area contributed by atoms with Crippen molar-refractivity contribution in [3.63, 3.8) is 0 Å². The number of carbonyl (C=O) groups excluding carboxylic acids is 1. The number of alkyl halides is 3. The van der Waals surface area contributed by atoms with Crippen LogP contribution in [0.15, 0.2) is 42.5 Å². The first kappa shape index (κ1) is 21.9. The van der Waals surface area contributed by atoms with E-state index in [9.17, 15) is 18.0 Å². The Balaban J connectivity index is 1.43. The third kappa shape index (κ3) is 5.28. The molecule has 0 spiro atoms. The Hall–Kier alpha value is -3.34. The first-order valence-electron chi connectivity index (χ1n) is 9.72. The number of benzene rings is 2. The summed E-state index contributed by atoms with van der Waals surface area (Å²) in [5, 5.41) is 11.7. The Labute approximate surface area is 185 Å². The van der Waals surface area contributed by atoms with Gasteiger partial charge in [0, 0.05) is 17.9 Å². The molecule has 11 heteroatoms. The van der Waals surface area contributed by atoms with Crippen molar-refractivity contribution in [1.29, 1.82) is 0 Å². The molecule has 0 aliphatic carbocycles. The fraction of sp³-hybridized carbons (Fsp3) is 0.286. The molecule has 2 heterocycles. The van der Waals surface area contributed by atoms with Gasteiger partial charge in [-0.25, -0.2) is 0 Å². The SMILES string of the molecule is COc1ccc(NC(=O)c2nnc(CN3CCCc4cc(OC(F)(F)F)ccc43)s2)cc1. The van der Waals surface area contributed by atoms with Crippen LogP contribution in [0.25, 0.3) is 0 Å². The van der Waals surface area contributed by atoms with E-state index in [2.05, 4.69) is 20.3 Å². The zero-order valence-corrected chi connectivity index (χ0v) is 17.8. The van der Waals surface area contributed by atoms with Crippen molar-refractivity contribution >= 4 is 28.6 Å². The molecular weight excluding hydrogens is 445 g/mol. The van der Waals surface area contributed by atoms with Gasteiger partial charge in [0.25, 0.3) is 5.91 Å². The molecule has 0 radical (unpaired) electrons. The number of nitrogens with zero attached hydrogens (tertiary/aromatic N) is 3. The predicted molar refractivity (Wildman–Crippen MR) is 113 cm³/mol. The van der Waals surface area contributed by atoms with Gasteiger partial charge in [0.15, 0.2) is 0 Å². The van der Waals surface area contributed by atoms with E-state index in [1.807, 2.05) is 4.90 Å². The number of nitrogens with one attached hydrogen (secondary N) is 1. The average Bonchev–Trinajstić information content (AvgIpc) is 3.22. The van der Waals surface area contributed by atoms with Crippen LogP contribution in [0.5, 0.6) is 11.5 Å². The van der Waals surface area contributed by atoms with Gasteiger partial charge in [-0.2, -0.15) is 0 Å². The third-order valence-corrected chi connectivity index (χ3v) is 5.74. The first-order valence-corrected chi connectivity index (χ1v) is 10.5. The maximum atomic E-state index is 12.5. The van der Waals surface area contributed by atoms with E-state index < -0.39 is 6.36 Å². The molecule has 4 rings (SSSR count). The number of aryl methyl sites for hydroxylation is 1. The van der Waals surface area contributed by atoms with Gasteiger partial charge in [0.2, 0.25) is 5.01 Å².